The number of para-hydroxylation sites is 1. The Morgan fingerprint density at radius 3 is 1.30 bits per heavy atom. The molecular weight excluding hydrogens is 965 g/mol. The Hall–Kier alpha value is -6.10. The van der Waals surface area contributed by atoms with E-state index in [4.69, 9.17) is 0 Å². The molecule has 5 aromatic carbocycles. The first-order valence-corrected chi connectivity index (χ1v) is 29.5. The number of nitrogens with zero attached hydrogens (tertiary/aromatic N) is 2. The van der Waals surface area contributed by atoms with Gasteiger partial charge in [0.2, 0.25) is 0 Å². The van der Waals surface area contributed by atoms with Gasteiger partial charge in [-0.1, -0.05) is 106 Å². The summed E-state index contributed by atoms with van der Waals surface area (Å²) in [4.78, 5) is 13.3. The molecule has 0 atom stereocenters. The van der Waals surface area contributed by atoms with Crippen molar-refractivity contribution in [3.05, 3.63) is 168 Å². The fourth-order valence-electron chi connectivity index (χ4n) is 11.5. The van der Waals surface area contributed by atoms with Crippen LogP contribution in [0.5, 0.6) is 0 Å². The van der Waals surface area contributed by atoms with Crippen molar-refractivity contribution in [2.75, 3.05) is 0 Å². The fraction of sp³-hybridized carbons (Fsp3) is 0.129. The molecule has 0 radical (unpaired) electrons. The lowest BCUT2D eigenvalue weighted by Crippen LogP contribution is -1.88. The van der Waals surface area contributed by atoms with E-state index in [1.807, 2.05) is 68.0 Å². The molecule has 10 aromatic heterocycles. The van der Waals surface area contributed by atoms with Gasteiger partial charge in [0.15, 0.2) is 0 Å². The highest BCUT2D eigenvalue weighted by Gasteiger charge is 2.29. The molecule has 0 spiro atoms. The molecule has 70 heavy (non-hydrogen) atoms. The van der Waals surface area contributed by atoms with Gasteiger partial charge in [0.25, 0.3) is 0 Å². The number of aryl methyl sites for hydroxylation is 1. The number of aromatic nitrogens is 2. The van der Waals surface area contributed by atoms with Crippen LogP contribution in [-0.4, -0.2) is 8.80 Å². The topological polar surface area (TPSA) is 8.82 Å². The van der Waals surface area contributed by atoms with Gasteiger partial charge < -0.3 is 8.80 Å². The second-order valence-electron chi connectivity index (χ2n) is 18.8. The summed E-state index contributed by atoms with van der Waals surface area (Å²) in [6.07, 6.45) is 8.94. The third-order valence-corrected chi connectivity index (χ3v) is 21.7. The van der Waals surface area contributed by atoms with Gasteiger partial charge in [-0.3, -0.25) is 0 Å². The van der Waals surface area contributed by atoms with E-state index >= 15 is 0 Å². The normalized spacial score (nSPS) is 12.5. The first-order chi connectivity index (χ1) is 34.7. The van der Waals surface area contributed by atoms with Crippen molar-refractivity contribution in [3.63, 3.8) is 0 Å². The van der Waals surface area contributed by atoms with Crippen LogP contribution in [0.15, 0.2) is 162 Å². The molecule has 0 amide bonds. The van der Waals surface area contributed by atoms with E-state index in [1.54, 1.807) is 0 Å². The minimum Gasteiger partial charge on any atom is -0.308 e. The zero-order chi connectivity index (χ0) is 46.0. The van der Waals surface area contributed by atoms with Crippen LogP contribution in [0.2, 0.25) is 0 Å². The van der Waals surface area contributed by atoms with Crippen molar-refractivity contribution in [3.8, 4) is 59.9 Å². The van der Waals surface area contributed by atoms with Gasteiger partial charge in [0, 0.05) is 91.9 Å². The van der Waals surface area contributed by atoms with Crippen molar-refractivity contribution < 1.29 is 0 Å². The number of unbranched alkanes of at least 4 members (excludes halogenated alkanes) is 5. The van der Waals surface area contributed by atoms with Crippen molar-refractivity contribution in [1.82, 2.24) is 8.80 Å². The SMILES string of the molecule is CCCCCCCCc1ccc2c3c4c5ccc(-c6ccc(-c7ccc(-c8cccs8)s7)s6)cc5n5c6ccccc6c(c6c7ccc(-c8ccc(-c9ccc(-c%10cccs%10)s9)s8)cc7n(c2c1)c36)c45. The van der Waals surface area contributed by atoms with E-state index in [0.29, 0.717) is 0 Å². The number of hydrogen-bond donors (Lipinski definition) is 0. The average Bonchev–Trinajstić information content (AvgIpc) is 4.23. The minimum atomic E-state index is 1.11. The lowest BCUT2D eigenvalue weighted by Gasteiger charge is -2.06. The molecule has 8 heteroatoms. The van der Waals surface area contributed by atoms with Gasteiger partial charge in [-0.2, -0.15) is 0 Å². The molecule has 338 valence electrons. The lowest BCUT2D eigenvalue weighted by atomic mass is 9.96. The summed E-state index contributed by atoms with van der Waals surface area (Å²) in [5.41, 5.74) is 11.9. The number of rotatable bonds is 13. The van der Waals surface area contributed by atoms with Crippen LogP contribution in [0.3, 0.4) is 0 Å². The summed E-state index contributed by atoms with van der Waals surface area (Å²) >= 11 is 11.2. The summed E-state index contributed by atoms with van der Waals surface area (Å²) < 4.78 is 5.28. The van der Waals surface area contributed by atoms with Crippen LogP contribution in [0.4, 0.5) is 0 Å². The predicted molar refractivity (Wildman–Crippen MR) is 313 cm³/mol. The molecule has 2 nitrogen and oxygen atoms in total. The molecule has 0 N–H and O–H groups in total. The van der Waals surface area contributed by atoms with Crippen molar-refractivity contribution in [2.24, 2.45) is 0 Å². The van der Waals surface area contributed by atoms with Crippen molar-refractivity contribution >= 4 is 144 Å². The Morgan fingerprint density at radius 1 is 0.343 bits per heavy atom. The standard InChI is InChI=1S/C62H44N2S6/c1-2-3-4-5-6-7-12-36-17-20-40-44(33-36)64-46-35-38(48-24-26-54(68-48)56-30-28-52(70-56)50-16-11-32-66-50)19-22-42(46)59-57-39-13-8-9-14-43(39)63-45-34-37(18-21-41(45)60(61(57)63)58(40)62(59)64)47-23-25-53(67-47)55-29-27-51(69-55)49-15-10-31-65-49/h8-11,13-35H,2-7,12H2,1H3. The van der Waals surface area contributed by atoms with Gasteiger partial charge >= 0.3 is 0 Å². The summed E-state index contributed by atoms with van der Waals surface area (Å²) in [7, 11) is 0. The first kappa shape index (κ1) is 41.7. The van der Waals surface area contributed by atoms with E-state index < -0.39 is 0 Å². The molecule has 15 aromatic rings. The van der Waals surface area contributed by atoms with Gasteiger partial charge in [0.05, 0.1) is 33.1 Å². The average molecular weight is 1010 g/mol. The van der Waals surface area contributed by atoms with Crippen LogP contribution in [-0.2, 0) is 6.42 Å². The Kier molecular flexibility index (Phi) is 9.81. The summed E-state index contributed by atoms with van der Waals surface area (Å²) in [5, 5.41) is 15.2. The monoisotopic (exact) mass is 1010 g/mol. The molecular formula is C62H44N2S6. The lowest BCUT2D eigenvalue weighted by molar-refractivity contribution is 0.607. The summed E-state index contributed by atoms with van der Waals surface area (Å²) in [6.45, 7) is 2.31. The predicted octanol–water partition coefficient (Wildman–Crippen LogP) is 21.3. The first-order valence-electron chi connectivity index (χ1n) is 24.5. The second kappa shape index (κ2) is 16.5. The van der Waals surface area contributed by atoms with Gasteiger partial charge in [-0.25, -0.2) is 0 Å². The molecule has 15 rings (SSSR count). The third kappa shape index (κ3) is 6.37. The molecule has 0 saturated carbocycles. The number of thiophene rings is 6. The Labute approximate surface area is 429 Å². The Morgan fingerprint density at radius 2 is 0.771 bits per heavy atom. The maximum Gasteiger partial charge on any atom is 0.0634 e. The second-order valence-corrected chi connectivity index (χ2v) is 25.1. The smallest absolute Gasteiger partial charge is 0.0634 e. The zero-order valence-corrected chi connectivity index (χ0v) is 43.3. The fourth-order valence-corrected chi connectivity index (χ4v) is 17.4. The Bertz CT molecular complexity index is 4410. The van der Waals surface area contributed by atoms with E-state index in [2.05, 4.69) is 178 Å². The molecule has 0 saturated heterocycles. The van der Waals surface area contributed by atoms with Gasteiger partial charge in [-0.05, 0) is 125 Å². The minimum absolute atomic E-state index is 1.11. The van der Waals surface area contributed by atoms with E-state index in [1.165, 1.54) is 180 Å². The number of hydrogen-bond acceptors (Lipinski definition) is 6. The number of benzene rings is 5. The molecule has 0 aliphatic carbocycles. The van der Waals surface area contributed by atoms with E-state index in [9.17, 15) is 0 Å². The summed E-state index contributed by atoms with van der Waals surface area (Å²) in [5.74, 6) is 0. The van der Waals surface area contributed by atoms with Crippen molar-refractivity contribution in [2.45, 2.75) is 51.9 Å². The van der Waals surface area contributed by atoms with E-state index in [-0.39, 0.29) is 0 Å². The van der Waals surface area contributed by atoms with Gasteiger partial charge in [0.1, 0.15) is 0 Å². The quantitative estimate of drug-likeness (QED) is 0.102. The number of fused-ring (bicyclic) bond motifs is 14. The largest absolute Gasteiger partial charge is 0.308 e. The maximum absolute atomic E-state index is 2.67. The molecule has 0 fully saturated rings. The maximum atomic E-state index is 2.67. The van der Waals surface area contributed by atoms with Crippen LogP contribution >= 0.6 is 68.0 Å². The molecule has 0 unspecified atom stereocenters. The molecule has 0 aliphatic heterocycles. The van der Waals surface area contributed by atoms with E-state index in [0.717, 1.165) is 6.42 Å². The van der Waals surface area contributed by atoms with Gasteiger partial charge in [-0.15, -0.1) is 68.0 Å². The van der Waals surface area contributed by atoms with Crippen molar-refractivity contribution in [1.29, 1.82) is 0 Å². The van der Waals surface area contributed by atoms with Crippen LogP contribution < -0.4 is 0 Å². The highest BCUT2D eigenvalue weighted by molar-refractivity contribution is 7.27. The molecule has 0 aliphatic rings. The highest BCUT2D eigenvalue weighted by atomic mass is 32.1. The molecule has 10 heterocycles. The zero-order valence-electron chi connectivity index (χ0n) is 38.4. The van der Waals surface area contributed by atoms with Crippen LogP contribution in [0.25, 0.3) is 136 Å². The summed E-state index contributed by atoms with van der Waals surface area (Å²) in [6, 6.07) is 58.5. The highest BCUT2D eigenvalue weighted by Crippen LogP contribution is 2.53. The molecule has 0 bridgehead atoms. The third-order valence-electron chi connectivity index (χ3n) is 14.7. The van der Waals surface area contributed by atoms with Crippen LogP contribution in [0, 0.1) is 0 Å². The van der Waals surface area contributed by atoms with Crippen LogP contribution in [0.1, 0.15) is 51.0 Å². The Balaban J connectivity index is 0.931.